The van der Waals surface area contributed by atoms with E-state index >= 15 is 0 Å². The van der Waals surface area contributed by atoms with E-state index in [1.54, 1.807) is 32.2 Å². The van der Waals surface area contributed by atoms with Crippen molar-refractivity contribution in [3.63, 3.8) is 0 Å². The number of ketones is 1. The van der Waals surface area contributed by atoms with Crippen molar-refractivity contribution in [2.75, 3.05) is 7.11 Å². The molecule has 0 bridgehead atoms. The molecule has 1 atom stereocenters. The monoisotopic (exact) mass is 338 g/mol. The molecule has 0 fully saturated rings. The summed E-state index contributed by atoms with van der Waals surface area (Å²) in [5.74, 6) is -0.0764. The fourth-order valence-corrected chi connectivity index (χ4v) is 2.31. The molecule has 0 spiro atoms. The van der Waals surface area contributed by atoms with E-state index in [1.165, 1.54) is 6.08 Å². The van der Waals surface area contributed by atoms with Crippen LogP contribution in [0.15, 0.2) is 48.5 Å². The highest BCUT2D eigenvalue weighted by Crippen LogP contribution is 2.15. The van der Waals surface area contributed by atoms with Crippen LogP contribution in [-0.4, -0.2) is 25.0 Å². The maximum absolute atomic E-state index is 12.4. The smallest absolute Gasteiger partial charge is 0.331 e. The van der Waals surface area contributed by atoms with Crippen LogP contribution >= 0.6 is 0 Å². The maximum atomic E-state index is 12.4. The van der Waals surface area contributed by atoms with Crippen LogP contribution in [0.2, 0.25) is 0 Å². The van der Waals surface area contributed by atoms with Gasteiger partial charge in [0.25, 0.3) is 0 Å². The third-order valence-electron chi connectivity index (χ3n) is 3.96. The van der Waals surface area contributed by atoms with Crippen LogP contribution in [0.3, 0.4) is 0 Å². The number of rotatable bonds is 6. The molecule has 4 nitrogen and oxygen atoms in total. The number of carbonyl (C=O) groups excluding carboxylic acids is 2. The number of carbonyl (C=O) groups is 2. The molecular formula is C21H22O4. The number of Topliss-reactive ketones (excluding diaryl/α,β-unsaturated/α-hetero) is 1. The van der Waals surface area contributed by atoms with Gasteiger partial charge in [-0.25, -0.2) is 4.79 Å². The standard InChI is InChI=1S/C21H22O4/c1-14-8-10-18(12-15(14)2)21(23)16(3)25-20(22)11-9-17-6-5-7-19(13-17)24-4/h5-13,16H,1-4H3/b11-9+/t16-/m0/s1. The SMILES string of the molecule is COc1cccc(/C=C/C(=O)O[C@@H](C)C(=O)c2ccc(C)c(C)c2)c1. The van der Waals surface area contributed by atoms with E-state index < -0.39 is 12.1 Å². The van der Waals surface area contributed by atoms with Crippen LogP contribution in [0.4, 0.5) is 0 Å². The van der Waals surface area contributed by atoms with Crippen LogP contribution in [0.5, 0.6) is 5.75 Å². The zero-order chi connectivity index (χ0) is 18.4. The maximum Gasteiger partial charge on any atom is 0.331 e. The first-order chi connectivity index (χ1) is 11.9. The van der Waals surface area contributed by atoms with Crippen molar-refractivity contribution >= 4 is 17.8 Å². The summed E-state index contributed by atoms with van der Waals surface area (Å²) in [6.45, 7) is 5.50. The molecule has 25 heavy (non-hydrogen) atoms. The van der Waals surface area contributed by atoms with Gasteiger partial charge in [0.05, 0.1) is 7.11 Å². The summed E-state index contributed by atoms with van der Waals surface area (Å²) in [7, 11) is 1.58. The minimum absolute atomic E-state index is 0.216. The first-order valence-corrected chi connectivity index (χ1v) is 8.05. The summed E-state index contributed by atoms with van der Waals surface area (Å²) < 4.78 is 10.3. The van der Waals surface area contributed by atoms with Crippen molar-refractivity contribution in [3.05, 3.63) is 70.8 Å². The third-order valence-corrected chi connectivity index (χ3v) is 3.96. The van der Waals surface area contributed by atoms with E-state index in [-0.39, 0.29) is 5.78 Å². The Bertz CT molecular complexity index is 805. The van der Waals surface area contributed by atoms with Gasteiger partial charge in [-0.05, 0) is 61.7 Å². The van der Waals surface area contributed by atoms with E-state index in [9.17, 15) is 9.59 Å². The van der Waals surface area contributed by atoms with Gasteiger partial charge in [0, 0.05) is 11.6 Å². The predicted octanol–water partition coefficient (Wildman–Crippen LogP) is 4.14. The summed E-state index contributed by atoms with van der Waals surface area (Å²) in [5, 5.41) is 0. The van der Waals surface area contributed by atoms with Gasteiger partial charge < -0.3 is 9.47 Å². The summed E-state index contributed by atoms with van der Waals surface area (Å²) in [5.41, 5.74) is 3.49. The average Bonchev–Trinajstić information content (AvgIpc) is 2.61. The number of aryl methyl sites for hydroxylation is 2. The lowest BCUT2D eigenvalue weighted by molar-refractivity contribution is -0.140. The van der Waals surface area contributed by atoms with Crippen LogP contribution in [0.25, 0.3) is 6.08 Å². The number of benzene rings is 2. The molecule has 0 aliphatic carbocycles. The molecule has 2 rings (SSSR count). The molecule has 130 valence electrons. The summed E-state index contributed by atoms with van der Waals surface area (Å²) >= 11 is 0. The summed E-state index contributed by atoms with van der Waals surface area (Å²) in [4.78, 5) is 24.3. The van der Waals surface area contributed by atoms with Crippen molar-refractivity contribution in [1.82, 2.24) is 0 Å². The van der Waals surface area contributed by atoms with E-state index in [0.29, 0.717) is 11.3 Å². The highest BCUT2D eigenvalue weighted by molar-refractivity contribution is 6.01. The molecule has 2 aromatic rings. The second-order valence-electron chi connectivity index (χ2n) is 5.85. The number of ether oxygens (including phenoxy) is 2. The number of hydrogen-bond donors (Lipinski definition) is 0. The molecule has 0 radical (unpaired) electrons. The number of hydrogen-bond acceptors (Lipinski definition) is 4. The lowest BCUT2D eigenvalue weighted by Crippen LogP contribution is -2.23. The van der Waals surface area contributed by atoms with Gasteiger partial charge in [0.15, 0.2) is 6.10 Å². The average molecular weight is 338 g/mol. The largest absolute Gasteiger partial charge is 0.497 e. The first kappa shape index (κ1) is 18.5. The highest BCUT2D eigenvalue weighted by atomic mass is 16.5. The van der Waals surface area contributed by atoms with E-state index in [1.807, 2.05) is 44.2 Å². The Hall–Kier alpha value is -2.88. The van der Waals surface area contributed by atoms with Crippen LogP contribution < -0.4 is 4.74 Å². The van der Waals surface area contributed by atoms with E-state index in [4.69, 9.17) is 9.47 Å². The number of esters is 1. The zero-order valence-electron chi connectivity index (χ0n) is 14.9. The molecule has 0 amide bonds. The predicted molar refractivity (Wildman–Crippen MR) is 97.8 cm³/mol. The Morgan fingerprint density at radius 3 is 2.48 bits per heavy atom. The Labute approximate surface area is 148 Å². The lowest BCUT2D eigenvalue weighted by Gasteiger charge is -2.12. The van der Waals surface area contributed by atoms with Gasteiger partial charge in [-0.1, -0.05) is 24.3 Å². The molecule has 0 aliphatic rings. The van der Waals surface area contributed by atoms with Crippen molar-refractivity contribution in [2.45, 2.75) is 26.9 Å². The van der Waals surface area contributed by atoms with Crippen molar-refractivity contribution in [2.24, 2.45) is 0 Å². The van der Waals surface area contributed by atoms with Gasteiger partial charge >= 0.3 is 5.97 Å². The lowest BCUT2D eigenvalue weighted by atomic mass is 10.0. The minimum atomic E-state index is -0.843. The Balaban J connectivity index is 2.00. The second-order valence-corrected chi connectivity index (χ2v) is 5.85. The van der Waals surface area contributed by atoms with Gasteiger partial charge in [0.1, 0.15) is 5.75 Å². The molecule has 0 unspecified atom stereocenters. The van der Waals surface area contributed by atoms with E-state index in [0.717, 1.165) is 16.7 Å². The fourth-order valence-electron chi connectivity index (χ4n) is 2.31. The van der Waals surface area contributed by atoms with Gasteiger partial charge in [-0.15, -0.1) is 0 Å². The molecule has 0 aromatic heterocycles. The van der Waals surface area contributed by atoms with Crippen LogP contribution in [-0.2, 0) is 9.53 Å². The highest BCUT2D eigenvalue weighted by Gasteiger charge is 2.18. The third kappa shape index (κ3) is 5.05. The van der Waals surface area contributed by atoms with Crippen LogP contribution in [0.1, 0.15) is 34.0 Å². The fraction of sp³-hybridized carbons (Fsp3) is 0.238. The Morgan fingerprint density at radius 2 is 1.80 bits per heavy atom. The normalized spacial score (nSPS) is 12.0. The molecule has 4 heteroatoms. The van der Waals surface area contributed by atoms with Crippen molar-refractivity contribution in [1.29, 1.82) is 0 Å². The van der Waals surface area contributed by atoms with Crippen LogP contribution in [0, 0.1) is 13.8 Å². The summed E-state index contributed by atoms with van der Waals surface area (Å²) in [6.07, 6.45) is 2.08. The van der Waals surface area contributed by atoms with E-state index in [2.05, 4.69) is 0 Å². The molecule has 0 aliphatic heterocycles. The molecule has 0 heterocycles. The topological polar surface area (TPSA) is 52.6 Å². The van der Waals surface area contributed by atoms with Gasteiger partial charge in [-0.2, -0.15) is 0 Å². The Morgan fingerprint density at radius 1 is 1.04 bits per heavy atom. The molecule has 0 N–H and O–H groups in total. The molecule has 0 saturated heterocycles. The quantitative estimate of drug-likeness (QED) is 0.451. The van der Waals surface area contributed by atoms with Gasteiger partial charge in [-0.3, -0.25) is 4.79 Å². The van der Waals surface area contributed by atoms with Crippen molar-refractivity contribution in [3.8, 4) is 5.75 Å². The minimum Gasteiger partial charge on any atom is -0.497 e. The van der Waals surface area contributed by atoms with Gasteiger partial charge in [0.2, 0.25) is 5.78 Å². The molecular weight excluding hydrogens is 316 g/mol. The Kier molecular flexibility index (Phi) is 6.12. The molecule has 2 aromatic carbocycles. The second kappa shape index (κ2) is 8.29. The molecule has 0 saturated carbocycles. The number of methoxy groups -OCH3 is 1. The summed E-state index contributed by atoms with van der Waals surface area (Å²) in [6, 6.07) is 12.7. The first-order valence-electron chi connectivity index (χ1n) is 8.05. The van der Waals surface area contributed by atoms with Crippen molar-refractivity contribution < 1.29 is 19.1 Å². The zero-order valence-corrected chi connectivity index (χ0v) is 14.9.